The second-order valence-corrected chi connectivity index (χ2v) is 8.72. The van der Waals surface area contributed by atoms with E-state index in [2.05, 4.69) is 15.7 Å². The van der Waals surface area contributed by atoms with Crippen molar-refractivity contribution in [2.45, 2.75) is 26.8 Å². The van der Waals surface area contributed by atoms with Crippen LogP contribution >= 0.6 is 0 Å². The van der Waals surface area contributed by atoms with Crippen LogP contribution in [-0.2, 0) is 4.79 Å². The van der Waals surface area contributed by atoms with E-state index in [0.717, 1.165) is 21.9 Å². The number of rotatable bonds is 5. The smallest absolute Gasteiger partial charge is 0.336 e. The highest BCUT2D eigenvalue weighted by Gasteiger charge is 2.19. The molecule has 0 aliphatic rings. The number of carbonyl (C=O) groups is 2. The van der Waals surface area contributed by atoms with E-state index in [0.29, 0.717) is 22.5 Å². The lowest BCUT2D eigenvalue weighted by Gasteiger charge is -2.13. The third-order valence-electron chi connectivity index (χ3n) is 6.05. The van der Waals surface area contributed by atoms with Crippen LogP contribution in [0.25, 0.3) is 21.9 Å². The molecular formula is C27H22N4O6. The monoisotopic (exact) mass is 498 g/mol. The van der Waals surface area contributed by atoms with Crippen LogP contribution in [0.2, 0.25) is 0 Å². The van der Waals surface area contributed by atoms with Gasteiger partial charge in [0.1, 0.15) is 17.2 Å². The molecule has 0 spiro atoms. The van der Waals surface area contributed by atoms with E-state index >= 15 is 0 Å². The van der Waals surface area contributed by atoms with Gasteiger partial charge in [0, 0.05) is 52.6 Å². The molecule has 0 aliphatic heterocycles. The number of nitrogens with zero attached hydrogens (tertiary/aromatic N) is 2. The molecule has 1 atom stereocenters. The maximum atomic E-state index is 12.8. The number of fused-ring (bicyclic) bond motifs is 2. The summed E-state index contributed by atoms with van der Waals surface area (Å²) in [5, 5.41) is 11.3. The summed E-state index contributed by atoms with van der Waals surface area (Å²) in [5.41, 5.74) is 2.36. The van der Waals surface area contributed by atoms with Crippen molar-refractivity contribution in [1.29, 1.82) is 0 Å². The predicted molar refractivity (Wildman–Crippen MR) is 138 cm³/mol. The molecular weight excluding hydrogens is 476 g/mol. The lowest BCUT2D eigenvalue weighted by atomic mass is 10.1. The molecule has 37 heavy (non-hydrogen) atoms. The molecule has 186 valence electrons. The molecule has 2 aromatic carbocycles. The Kier molecular flexibility index (Phi) is 5.92. The molecule has 0 saturated heterocycles. The van der Waals surface area contributed by atoms with Gasteiger partial charge in [-0.1, -0.05) is 0 Å². The van der Waals surface area contributed by atoms with Crippen molar-refractivity contribution in [2.24, 2.45) is 0 Å². The number of aryl methyl sites for hydroxylation is 2. The van der Waals surface area contributed by atoms with Gasteiger partial charge >= 0.3 is 11.3 Å². The molecule has 10 heteroatoms. The van der Waals surface area contributed by atoms with Gasteiger partial charge in [-0.25, -0.2) is 9.59 Å². The van der Waals surface area contributed by atoms with Crippen molar-refractivity contribution in [3.05, 3.63) is 98.5 Å². The average Bonchev–Trinajstić information content (AvgIpc) is 3.33. The number of anilines is 2. The fourth-order valence-corrected chi connectivity index (χ4v) is 4.04. The van der Waals surface area contributed by atoms with E-state index in [9.17, 15) is 19.2 Å². The number of carbonyl (C=O) groups excluding carboxylic acids is 2. The van der Waals surface area contributed by atoms with Crippen molar-refractivity contribution < 1.29 is 18.4 Å². The topological polar surface area (TPSA) is 136 Å². The second-order valence-electron chi connectivity index (χ2n) is 8.72. The van der Waals surface area contributed by atoms with Crippen LogP contribution in [0.4, 0.5) is 11.4 Å². The Labute approximate surface area is 209 Å². The second kappa shape index (κ2) is 9.23. The standard InChI is InChI=1S/C27H22N4O6/c1-14-10-24(32)36-22-12-17(4-6-19(14)22)28-26(34)16(3)31-9-8-21(30-31)27(35)29-18-5-7-20-15(2)11-25(33)37-23(20)13-18/h4-13,16H,1-3H3,(H,28,34)(H,29,35)/t16-/m0/s1. The summed E-state index contributed by atoms with van der Waals surface area (Å²) >= 11 is 0. The number of nitrogens with one attached hydrogen (secondary N) is 2. The SMILES string of the molecule is Cc1cc(=O)oc2cc(NC(=O)c3ccn([C@@H](C)C(=O)Nc4ccc5c(C)cc(=O)oc5c4)n3)ccc12. The van der Waals surface area contributed by atoms with Crippen LogP contribution in [0.1, 0.15) is 34.6 Å². The van der Waals surface area contributed by atoms with E-state index in [4.69, 9.17) is 8.83 Å². The van der Waals surface area contributed by atoms with Crippen LogP contribution in [0, 0.1) is 13.8 Å². The van der Waals surface area contributed by atoms with Gasteiger partial charge in [0.2, 0.25) is 5.91 Å². The van der Waals surface area contributed by atoms with Crippen molar-refractivity contribution in [3.63, 3.8) is 0 Å². The molecule has 5 rings (SSSR count). The summed E-state index contributed by atoms with van der Waals surface area (Å²) in [6.45, 7) is 5.26. The van der Waals surface area contributed by atoms with Gasteiger partial charge in [-0.15, -0.1) is 0 Å². The third-order valence-corrected chi connectivity index (χ3v) is 6.05. The van der Waals surface area contributed by atoms with Crippen molar-refractivity contribution in [3.8, 4) is 0 Å². The van der Waals surface area contributed by atoms with Crippen LogP contribution in [-0.4, -0.2) is 21.6 Å². The highest BCUT2D eigenvalue weighted by molar-refractivity contribution is 6.03. The summed E-state index contributed by atoms with van der Waals surface area (Å²) in [6.07, 6.45) is 1.53. The van der Waals surface area contributed by atoms with Crippen molar-refractivity contribution >= 4 is 45.1 Å². The van der Waals surface area contributed by atoms with Crippen LogP contribution in [0.3, 0.4) is 0 Å². The van der Waals surface area contributed by atoms with Gasteiger partial charge in [0.25, 0.3) is 5.91 Å². The molecule has 0 aliphatic carbocycles. The Balaban J connectivity index is 1.29. The maximum Gasteiger partial charge on any atom is 0.336 e. The quantitative estimate of drug-likeness (QED) is 0.347. The van der Waals surface area contributed by atoms with Gasteiger partial charge in [-0.2, -0.15) is 5.10 Å². The maximum absolute atomic E-state index is 12.8. The van der Waals surface area contributed by atoms with Gasteiger partial charge in [0.05, 0.1) is 0 Å². The number of hydrogen-bond donors (Lipinski definition) is 2. The molecule has 3 heterocycles. The minimum absolute atomic E-state index is 0.105. The molecule has 0 unspecified atom stereocenters. The third kappa shape index (κ3) is 4.76. The molecule has 0 saturated carbocycles. The Morgan fingerprint density at radius 1 is 0.811 bits per heavy atom. The molecule has 2 N–H and O–H groups in total. The fourth-order valence-electron chi connectivity index (χ4n) is 4.04. The van der Waals surface area contributed by atoms with E-state index < -0.39 is 23.2 Å². The number of benzene rings is 2. The highest BCUT2D eigenvalue weighted by atomic mass is 16.4. The predicted octanol–water partition coefficient (Wildman–Crippen LogP) is 4.16. The van der Waals surface area contributed by atoms with E-state index in [1.165, 1.54) is 29.1 Å². The highest BCUT2D eigenvalue weighted by Crippen LogP contribution is 2.23. The molecule has 10 nitrogen and oxygen atoms in total. The van der Waals surface area contributed by atoms with E-state index in [1.807, 2.05) is 6.92 Å². The van der Waals surface area contributed by atoms with Crippen molar-refractivity contribution in [2.75, 3.05) is 10.6 Å². The lowest BCUT2D eigenvalue weighted by Crippen LogP contribution is -2.24. The lowest BCUT2D eigenvalue weighted by molar-refractivity contribution is -0.119. The summed E-state index contributed by atoms with van der Waals surface area (Å²) in [6, 6.07) is 13.7. The number of aromatic nitrogens is 2. The Bertz CT molecular complexity index is 1810. The van der Waals surface area contributed by atoms with Gasteiger partial charge in [-0.05, 0) is 62.2 Å². The minimum atomic E-state index is -0.736. The number of amides is 2. The summed E-state index contributed by atoms with van der Waals surface area (Å²) in [7, 11) is 0. The van der Waals surface area contributed by atoms with Crippen molar-refractivity contribution in [1.82, 2.24) is 9.78 Å². The Morgan fingerprint density at radius 3 is 1.92 bits per heavy atom. The minimum Gasteiger partial charge on any atom is -0.423 e. The first-order chi connectivity index (χ1) is 17.7. The molecule has 3 aromatic heterocycles. The molecule has 0 fully saturated rings. The zero-order valence-corrected chi connectivity index (χ0v) is 20.2. The Morgan fingerprint density at radius 2 is 1.35 bits per heavy atom. The first kappa shape index (κ1) is 23.7. The molecule has 5 aromatic rings. The summed E-state index contributed by atoms with van der Waals surface area (Å²) in [4.78, 5) is 48.9. The summed E-state index contributed by atoms with van der Waals surface area (Å²) in [5.74, 6) is -0.857. The van der Waals surface area contributed by atoms with Gasteiger partial charge in [0.15, 0.2) is 5.69 Å². The van der Waals surface area contributed by atoms with E-state index in [1.54, 1.807) is 50.2 Å². The van der Waals surface area contributed by atoms with Crippen LogP contribution in [0.15, 0.2) is 79.2 Å². The average molecular weight is 498 g/mol. The Hall–Kier alpha value is -4.99. The zero-order valence-electron chi connectivity index (χ0n) is 20.2. The fraction of sp³-hybridized carbons (Fsp3) is 0.148. The van der Waals surface area contributed by atoms with Gasteiger partial charge < -0.3 is 19.5 Å². The first-order valence-corrected chi connectivity index (χ1v) is 11.4. The molecule has 2 amide bonds. The molecule has 0 radical (unpaired) electrons. The van der Waals surface area contributed by atoms with Gasteiger partial charge in [-0.3, -0.25) is 14.3 Å². The zero-order chi connectivity index (χ0) is 26.3. The summed E-state index contributed by atoms with van der Waals surface area (Å²) < 4.78 is 11.8. The van der Waals surface area contributed by atoms with Crippen LogP contribution in [0.5, 0.6) is 0 Å². The largest absolute Gasteiger partial charge is 0.423 e. The van der Waals surface area contributed by atoms with E-state index in [-0.39, 0.29) is 11.6 Å². The number of hydrogen-bond acceptors (Lipinski definition) is 7. The first-order valence-electron chi connectivity index (χ1n) is 11.4. The molecule has 0 bridgehead atoms. The normalized spacial score (nSPS) is 12.0. The van der Waals surface area contributed by atoms with Crippen LogP contribution < -0.4 is 21.9 Å².